The van der Waals surface area contributed by atoms with E-state index in [1.807, 2.05) is 6.92 Å². The molecule has 2 heterocycles. The molecule has 0 spiro atoms. The van der Waals surface area contributed by atoms with Crippen molar-refractivity contribution in [3.8, 4) is 0 Å². The second-order valence-electron chi connectivity index (χ2n) is 3.11. The maximum Gasteiger partial charge on any atom is 0.229 e. The lowest BCUT2D eigenvalue weighted by Crippen LogP contribution is -2.19. The van der Waals surface area contributed by atoms with Crippen molar-refractivity contribution in [2.24, 2.45) is 0 Å². The second-order valence-corrected chi connectivity index (χ2v) is 3.11. The standard InChI is InChI=1S/C8H12FN3O2.CH2F2/c1-2-13-7-5-6(9)8(14-7)12-10-3-4-11-12;2-1-3/h3-4,6-8H,2,5H2,1H3;1H2. The molecular formula is C9H14F3N3O2. The first-order chi connectivity index (χ1) is 8.22. The third-order valence-corrected chi connectivity index (χ3v) is 2.04. The predicted molar refractivity (Wildman–Crippen MR) is 52.2 cm³/mol. The molecule has 1 aromatic rings. The maximum atomic E-state index is 13.4. The van der Waals surface area contributed by atoms with Crippen LogP contribution in [0.15, 0.2) is 12.4 Å². The largest absolute Gasteiger partial charge is 0.353 e. The van der Waals surface area contributed by atoms with E-state index < -0.39 is 25.6 Å². The molecule has 5 nitrogen and oxygen atoms in total. The van der Waals surface area contributed by atoms with Gasteiger partial charge in [0.2, 0.25) is 13.2 Å². The molecule has 8 heteroatoms. The summed E-state index contributed by atoms with van der Waals surface area (Å²) in [4.78, 5) is 1.23. The van der Waals surface area contributed by atoms with Gasteiger partial charge >= 0.3 is 0 Å². The van der Waals surface area contributed by atoms with Gasteiger partial charge in [0.15, 0.2) is 12.5 Å². The SMILES string of the molecule is CCOC1CC(F)C(n2nccn2)O1.FCF. The van der Waals surface area contributed by atoms with E-state index in [4.69, 9.17) is 9.47 Å². The van der Waals surface area contributed by atoms with Gasteiger partial charge in [0.25, 0.3) is 0 Å². The van der Waals surface area contributed by atoms with Crippen LogP contribution in [0, 0.1) is 0 Å². The fourth-order valence-corrected chi connectivity index (χ4v) is 1.45. The van der Waals surface area contributed by atoms with Gasteiger partial charge in [-0.15, -0.1) is 0 Å². The molecule has 1 saturated heterocycles. The van der Waals surface area contributed by atoms with Crippen LogP contribution >= 0.6 is 0 Å². The first kappa shape index (κ1) is 13.9. The summed E-state index contributed by atoms with van der Waals surface area (Å²) in [5.74, 6) is 0. The molecule has 1 fully saturated rings. The Balaban J connectivity index is 0.000000437. The highest BCUT2D eigenvalue weighted by atomic mass is 19.3. The third-order valence-electron chi connectivity index (χ3n) is 2.04. The van der Waals surface area contributed by atoms with Gasteiger partial charge in [0.1, 0.15) is 0 Å². The minimum atomic E-state index is -1.75. The molecule has 0 saturated carbocycles. The molecule has 1 aliphatic rings. The highest BCUT2D eigenvalue weighted by molar-refractivity contribution is 4.75. The summed E-state index contributed by atoms with van der Waals surface area (Å²) in [6.45, 7) is 0.604. The van der Waals surface area contributed by atoms with Gasteiger partial charge in [-0.3, -0.25) is 0 Å². The van der Waals surface area contributed by atoms with Gasteiger partial charge in [-0.2, -0.15) is 15.0 Å². The van der Waals surface area contributed by atoms with E-state index in [1.54, 1.807) is 0 Å². The van der Waals surface area contributed by atoms with Crippen LogP contribution in [-0.4, -0.2) is 41.0 Å². The summed E-state index contributed by atoms with van der Waals surface area (Å²) >= 11 is 0. The molecule has 1 aliphatic heterocycles. The number of alkyl halides is 3. The number of hydrogen-bond donors (Lipinski definition) is 0. The second kappa shape index (κ2) is 7.23. The van der Waals surface area contributed by atoms with Crippen LogP contribution in [-0.2, 0) is 9.47 Å². The first-order valence-electron chi connectivity index (χ1n) is 5.11. The number of rotatable bonds is 3. The molecule has 0 aromatic carbocycles. The van der Waals surface area contributed by atoms with Crippen LogP contribution in [0.25, 0.3) is 0 Å². The van der Waals surface area contributed by atoms with Crippen LogP contribution in [0.1, 0.15) is 19.6 Å². The molecule has 1 aromatic heterocycles. The smallest absolute Gasteiger partial charge is 0.229 e. The highest BCUT2D eigenvalue weighted by Gasteiger charge is 2.38. The van der Waals surface area contributed by atoms with Crippen LogP contribution in [0.2, 0.25) is 0 Å². The molecule has 0 amide bonds. The van der Waals surface area contributed by atoms with E-state index in [1.165, 1.54) is 17.2 Å². The number of hydrogen-bond acceptors (Lipinski definition) is 4. The Morgan fingerprint density at radius 3 is 2.53 bits per heavy atom. The summed E-state index contributed by atoms with van der Waals surface area (Å²) in [5.41, 5.74) is 0. The van der Waals surface area contributed by atoms with Gasteiger partial charge in [-0.05, 0) is 6.92 Å². The summed E-state index contributed by atoms with van der Waals surface area (Å²) < 4.78 is 43.1. The minimum Gasteiger partial charge on any atom is -0.353 e. The molecular weight excluding hydrogens is 239 g/mol. The molecule has 3 unspecified atom stereocenters. The van der Waals surface area contributed by atoms with Crippen molar-refractivity contribution >= 4 is 0 Å². The topological polar surface area (TPSA) is 49.2 Å². The van der Waals surface area contributed by atoms with Crippen molar-refractivity contribution < 1.29 is 22.6 Å². The molecule has 17 heavy (non-hydrogen) atoms. The zero-order valence-electron chi connectivity index (χ0n) is 9.30. The summed E-state index contributed by atoms with van der Waals surface area (Å²) in [6, 6.07) is 0. The number of halogens is 3. The lowest BCUT2D eigenvalue weighted by atomic mass is 10.3. The molecule has 2 rings (SSSR count). The zero-order chi connectivity index (χ0) is 12.7. The molecule has 98 valence electrons. The Labute approximate surface area is 96.5 Å². The molecule has 0 radical (unpaired) electrons. The van der Waals surface area contributed by atoms with E-state index in [9.17, 15) is 13.2 Å². The van der Waals surface area contributed by atoms with Gasteiger partial charge in [-0.25, -0.2) is 13.2 Å². The van der Waals surface area contributed by atoms with E-state index >= 15 is 0 Å². The van der Waals surface area contributed by atoms with Crippen molar-refractivity contribution in [1.29, 1.82) is 0 Å². The normalized spacial score (nSPS) is 27.6. The monoisotopic (exact) mass is 253 g/mol. The predicted octanol–water partition coefficient (Wildman–Crippen LogP) is 1.78. The molecule has 0 aliphatic carbocycles. The average molecular weight is 253 g/mol. The van der Waals surface area contributed by atoms with E-state index in [2.05, 4.69) is 10.2 Å². The van der Waals surface area contributed by atoms with Crippen LogP contribution < -0.4 is 0 Å². The van der Waals surface area contributed by atoms with E-state index in [0.717, 1.165) is 0 Å². The molecule has 0 N–H and O–H groups in total. The van der Waals surface area contributed by atoms with Crippen molar-refractivity contribution in [3.63, 3.8) is 0 Å². The third kappa shape index (κ3) is 3.97. The fourth-order valence-electron chi connectivity index (χ4n) is 1.45. The Kier molecular flexibility index (Phi) is 5.92. The molecule has 3 atom stereocenters. The highest BCUT2D eigenvalue weighted by Crippen LogP contribution is 2.30. The van der Waals surface area contributed by atoms with Crippen LogP contribution in [0.5, 0.6) is 0 Å². The first-order valence-corrected chi connectivity index (χ1v) is 5.11. The lowest BCUT2D eigenvalue weighted by molar-refractivity contribution is -0.155. The van der Waals surface area contributed by atoms with Gasteiger partial charge in [-0.1, -0.05) is 0 Å². The average Bonchev–Trinajstić information content (AvgIpc) is 2.89. The Morgan fingerprint density at radius 2 is 2.00 bits per heavy atom. The van der Waals surface area contributed by atoms with Crippen molar-refractivity contribution in [2.75, 3.05) is 13.5 Å². The lowest BCUT2D eigenvalue weighted by Gasteiger charge is -2.12. The van der Waals surface area contributed by atoms with Crippen molar-refractivity contribution in [3.05, 3.63) is 12.4 Å². The molecule has 0 bridgehead atoms. The number of nitrogens with zero attached hydrogens (tertiary/aromatic N) is 3. The Morgan fingerprint density at radius 1 is 1.41 bits per heavy atom. The fraction of sp³-hybridized carbons (Fsp3) is 0.778. The minimum absolute atomic E-state index is 0.236. The number of aromatic nitrogens is 3. The van der Waals surface area contributed by atoms with Crippen molar-refractivity contribution in [1.82, 2.24) is 15.0 Å². The van der Waals surface area contributed by atoms with Crippen molar-refractivity contribution in [2.45, 2.75) is 32.0 Å². The van der Waals surface area contributed by atoms with Crippen LogP contribution in [0.3, 0.4) is 0 Å². The Hall–Kier alpha value is -1.15. The zero-order valence-corrected chi connectivity index (χ0v) is 9.30. The van der Waals surface area contributed by atoms with Gasteiger partial charge in [0, 0.05) is 13.0 Å². The summed E-state index contributed by atoms with van der Waals surface area (Å²) in [6.07, 6.45) is 0.875. The summed E-state index contributed by atoms with van der Waals surface area (Å²) in [5, 5.41) is 7.66. The summed E-state index contributed by atoms with van der Waals surface area (Å²) in [7, 11) is 0. The van der Waals surface area contributed by atoms with Crippen LogP contribution in [0.4, 0.5) is 13.2 Å². The van der Waals surface area contributed by atoms with Gasteiger partial charge in [0.05, 0.1) is 12.4 Å². The van der Waals surface area contributed by atoms with E-state index in [0.29, 0.717) is 6.61 Å². The quantitative estimate of drug-likeness (QED) is 0.823. The van der Waals surface area contributed by atoms with Gasteiger partial charge < -0.3 is 9.47 Å². The maximum absolute atomic E-state index is 13.4. The van der Waals surface area contributed by atoms with E-state index in [-0.39, 0.29) is 6.42 Å². The number of ether oxygens (including phenoxy) is 2. The Bertz CT molecular complexity index is 300.